The van der Waals surface area contributed by atoms with E-state index in [-0.39, 0.29) is 0 Å². The summed E-state index contributed by atoms with van der Waals surface area (Å²) in [6.45, 7) is 4.02. The van der Waals surface area contributed by atoms with Crippen LogP contribution in [0.2, 0.25) is 5.02 Å². The molecule has 0 bridgehead atoms. The van der Waals surface area contributed by atoms with Gasteiger partial charge in [0.1, 0.15) is 17.6 Å². The van der Waals surface area contributed by atoms with Crippen LogP contribution in [0.25, 0.3) is 0 Å². The zero-order valence-corrected chi connectivity index (χ0v) is 12.8. The fourth-order valence-corrected chi connectivity index (χ4v) is 2.19. The summed E-state index contributed by atoms with van der Waals surface area (Å²) < 4.78 is 6.84. The average molecular weight is 337 g/mol. The van der Waals surface area contributed by atoms with Gasteiger partial charge in [-0.15, -0.1) is 0 Å². The monoisotopic (exact) mass is 335 g/mol. The lowest BCUT2D eigenvalue weighted by molar-refractivity contribution is 0.481. The Morgan fingerprint density at radius 3 is 2.26 bits per heavy atom. The third-order valence-corrected chi connectivity index (χ3v) is 4.27. The fraction of sp³-hybridized carbons (Fsp3) is 0.133. The van der Waals surface area contributed by atoms with Crippen LogP contribution in [-0.2, 0) is 0 Å². The van der Waals surface area contributed by atoms with E-state index in [1.54, 1.807) is 18.2 Å². The van der Waals surface area contributed by atoms with Crippen LogP contribution in [0, 0.1) is 25.2 Å². The van der Waals surface area contributed by atoms with Crippen molar-refractivity contribution in [3.63, 3.8) is 0 Å². The molecule has 0 N–H and O–H groups in total. The van der Waals surface area contributed by atoms with Gasteiger partial charge in [0.15, 0.2) is 0 Å². The molecule has 0 heterocycles. The van der Waals surface area contributed by atoms with Crippen LogP contribution >= 0.6 is 27.5 Å². The minimum atomic E-state index is 0.394. The van der Waals surface area contributed by atoms with Gasteiger partial charge in [-0.2, -0.15) is 5.26 Å². The van der Waals surface area contributed by atoms with Crippen molar-refractivity contribution in [2.24, 2.45) is 0 Å². The van der Waals surface area contributed by atoms with E-state index < -0.39 is 0 Å². The predicted octanol–water partition coefficient (Wildman–Crippen LogP) is 5.38. The van der Waals surface area contributed by atoms with Gasteiger partial charge in [-0.1, -0.05) is 27.5 Å². The van der Waals surface area contributed by atoms with Crippen LogP contribution in [0.4, 0.5) is 0 Å². The zero-order chi connectivity index (χ0) is 14.0. The third-order valence-electron chi connectivity index (χ3n) is 2.71. The van der Waals surface area contributed by atoms with Gasteiger partial charge in [-0.3, -0.25) is 0 Å². The Morgan fingerprint density at radius 2 is 1.74 bits per heavy atom. The second kappa shape index (κ2) is 5.64. The first-order valence-electron chi connectivity index (χ1n) is 5.65. The Morgan fingerprint density at radius 1 is 1.11 bits per heavy atom. The van der Waals surface area contributed by atoms with Gasteiger partial charge >= 0.3 is 0 Å². The molecule has 0 aliphatic rings. The summed E-state index contributed by atoms with van der Waals surface area (Å²) in [4.78, 5) is 0. The lowest BCUT2D eigenvalue weighted by Gasteiger charge is -2.10. The van der Waals surface area contributed by atoms with Crippen molar-refractivity contribution in [2.75, 3.05) is 0 Å². The summed E-state index contributed by atoms with van der Waals surface area (Å²) in [5.74, 6) is 1.36. The molecule has 0 unspecified atom stereocenters. The van der Waals surface area contributed by atoms with Gasteiger partial charge in [0.2, 0.25) is 0 Å². The Labute approximate surface area is 125 Å². The van der Waals surface area contributed by atoms with Gasteiger partial charge in [0, 0.05) is 10.5 Å². The number of benzene rings is 2. The normalized spacial score (nSPS) is 10.1. The number of hydrogen-bond donors (Lipinski definition) is 0. The molecule has 0 spiro atoms. The highest BCUT2D eigenvalue weighted by Crippen LogP contribution is 2.31. The molecule has 2 nitrogen and oxygen atoms in total. The van der Waals surface area contributed by atoms with Crippen LogP contribution < -0.4 is 4.74 Å². The first kappa shape index (κ1) is 13.9. The lowest BCUT2D eigenvalue weighted by Crippen LogP contribution is -1.89. The van der Waals surface area contributed by atoms with E-state index in [9.17, 15) is 0 Å². The second-order valence-corrected chi connectivity index (χ2v) is 5.43. The first-order valence-corrected chi connectivity index (χ1v) is 6.82. The molecule has 0 saturated heterocycles. The SMILES string of the molecule is Cc1cc(Oc2ccc(C#N)c(Cl)c2)cc(C)c1Br. The van der Waals surface area contributed by atoms with E-state index in [2.05, 4.69) is 15.9 Å². The van der Waals surface area contributed by atoms with Crippen LogP contribution in [-0.4, -0.2) is 0 Å². The highest BCUT2D eigenvalue weighted by Gasteiger charge is 2.06. The molecule has 0 amide bonds. The highest BCUT2D eigenvalue weighted by atomic mass is 79.9. The quantitative estimate of drug-likeness (QED) is 0.737. The summed E-state index contributed by atoms with van der Waals surface area (Å²) in [6.07, 6.45) is 0. The van der Waals surface area contributed by atoms with Gasteiger partial charge in [0.05, 0.1) is 10.6 Å². The molecule has 19 heavy (non-hydrogen) atoms. The van der Waals surface area contributed by atoms with E-state index in [0.29, 0.717) is 16.3 Å². The third kappa shape index (κ3) is 3.09. The number of rotatable bonds is 2. The Bertz CT molecular complexity index is 653. The molecule has 4 heteroatoms. The second-order valence-electron chi connectivity index (χ2n) is 4.23. The number of hydrogen-bond acceptors (Lipinski definition) is 2. The van der Waals surface area contributed by atoms with E-state index in [1.807, 2.05) is 32.0 Å². The van der Waals surface area contributed by atoms with Crippen molar-refractivity contribution >= 4 is 27.5 Å². The Balaban J connectivity index is 2.32. The molecular weight excluding hydrogens is 326 g/mol. The van der Waals surface area contributed by atoms with Crippen molar-refractivity contribution in [3.05, 3.63) is 56.5 Å². The van der Waals surface area contributed by atoms with Crippen molar-refractivity contribution in [1.29, 1.82) is 5.26 Å². The number of ether oxygens (including phenoxy) is 1. The van der Waals surface area contributed by atoms with E-state index in [0.717, 1.165) is 21.3 Å². The molecule has 0 aliphatic heterocycles. The topological polar surface area (TPSA) is 33.0 Å². The van der Waals surface area contributed by atoms with Crippen molar-refractivity contribution < 1.29 is 4.74 Å². The maximum Gasteiger partial charge on any atom is 0.129 e. The fourth-order valence-electron chi connectivity index (χ4n) is 1.75. The van der Waals surface area contributed by atoms with Gasteiger partial charge < -0.3 is 4.74 Å². The number of halogens is 2. The van der Waals surface area contributed by atoms with Crippen molar-refractivity contribution in [2.45, 2.75) is 13.8 Å². The van der Waals surface area contributed by atoms with Gasteiger partial charge in [0.25, 0.3) is 0 Å². The van der Waals surface area contributed by atoms with E-state index >= 15 is 0 Å². The van der Waals surface area contributed by atoms with Crippen LogP contribution in [0.3, 0.4) is 0 Å². The summed E-state index contributed by atoms with van der Waals surface area (Å²) in [6, 6.07) is 10.9. The summed E-state index contributed by atoms with van der Waals surface area (Å²) in [7, 11) is 0. The predicted molar refractivity (Wildman–Crippen MR) is 79.9 cm³/mol. The van der Waals surface area contributed by atoms with Crippen molar-refractivity contribution in [1.82, 2.24) is 0 Å². The Kier molecular flexibility index (Phi) is 4.14. The molecule has 2 rings (SSSR count). The van der Waals surface area contributed by atoms with E-state index in [4.69, 9.17) is 21.6 Å². The maximum atomic E-state index is 8.82. The summed E-state index contributed by atoms with van der Waals surface area (Å²) in [5, 5.41) is 9.22. The largest absolute Gasteiger partial charge is 0.457 e. The van der Waals surface area contributed by atoms with Gasteiger partial charge in [-0.25, -0.2) is 0 Å². The maximum absolute atomic E-state index is 8.82. The lowest BCUT2D eigenvalue weighted by atomic mass is 10.1. The molecule has 0 aliphatic carbocycles. The van der Waals surface area contributed by atoms with Crippen LogP contribution in [0.5, 0.6) is 11.5 Å². The number of nitriles is 1. The molecule has 0 saturated carbocycles. The first-order chi connectivity index (χ1) is 9.01. The number of nitrogens with zero attached hydrogens (tertiary/aromatic N) is 1. The highest BCUT2D eigenvalue weighted by molar-refractivity contribution is 9.10. The van der Waals surface area contributed by atoms with Crippen molar-refractivity contribution in [3.8, 4) is 17.6 Å². The Hall–Kier alpha value is -1.50. The average Bonchev–Trinajstić information content (AvgIpc) is 2.36. The summed E-state index contributed by atoms with van der Waals surface area (Å²) >= 11 is 9.49. The molecule has 0 radical (unpaired) electrons. The molecule has 2 aromatic rings. The van der Waals surface area contributed by atoms with E-state index in [1.165, 1.54) is 0 Å². The minimum absolute atomic E-state index is 0.394. The number of aryl methyl sites for hydroxylation is 2. The van der Waals surface area contributed by atoms with Crippen LogP contribution in [0.15, 0.2) is 34.8 Å². The molecule has 2 aromatic carbocycles. The molecular formula is C15H11BrClNO. The molecule has 0 atom stereocenters. The zero-order valence-electron chi connectivity index (χ0n) is 10.5. The molecule has 0 aromatic heterocycles. The standard InChI is InChI=1S/C15H11BrClNO/c1-9-5-13(6-10(2)15(9)16)19-12-4-3-11(8-18)14(17)7-12/h3-7H,1-2H3. The molecule has 96 valence electrons. The minimum Gasteiger partial charge on any atom is -0.457 e. The summed E-state index contributed by atoms with van der Waals surface area (Å²) in [5.41, 5.74) is 2.65. The van der Waals surface area contributed by atoms with Crippen LogP contribution in [0.1, 0.15) is 16.7 Å². The molecule has 0 fully saturated rings. The van der Waals surface area contributed by atoms with Gasteiger partial charge in [-0.05, 0) is 49.2 Å². The smallest absolute Gasteiger partial charge is 0.129 e.